The fourth-order valence-electron chi connectivity index (χ4n) is 3.82. The van der Waals surface area contributed by atoms with Crippen molar-refractivity contribution in [2.24, 2.45) is 0 Å². The van der Waals surface area contributed by atoms with Crippen molar-refractivity contribution >= 4 is 17.1 Å². The first-order valence-electron chi connectivity index (χ1n) is 10.7. The summed E-state index contributed by atoms with van der Waals surface area (Å²) in [5.74, 6) is 1.45. The summed E-state index contributed by atoms with van der Waals surface area (Å²) in [5.41, 5.74) is 5.30. The molecule has 0 saturated heterocycles. The number of hydrogen-bond donors (Lipinski definition) is 3. The summed E-state index contributed by atoms with van der Waals surface area (Å²) < 4.78 is 6.12. The van der Waals surface area contributed by atoms with Gasteiger partial charge in [0.1, 0.15) is 17.2 Å². The van der Waals surface area contributed by atoms with Crippen LogP contribution in [0, 0.1) is 27.7 Å². The van der Waals surface area contributed by atoms with E-state index in [1.165, 1.54) is 0 Å². The van der Waals surface area contributed by atoms with Gasteiger partial charge in [0.15, 0.2) is 11.5 Å². The lowest BCUT2D eigenvalue weighted by Gasteiger charge is -2.29. The average Bonchev–Trinajstić information content (AvgIpc) is 2.80. The second kappa shape index (κ2) is 8.79. The summed E-state index contributed by atoms with van der Waals surface area (Å²) in [5, 5.41) is 31.3. The Kier molecular flexibility index (Phi) is 5.88. The Bertz CT molecular complexity index is 1280. The van der Waals surface area contributed by atoms with Gasteiger partial charge in [-0.15, -0.1) is 0 Å². The van der Waals surface area contributed by atoms with Crippen LogP contribution >= 0.6 is 0 Å². The fraction of sp³-hybridized carbons (Fsp3) is 0.143. The Morgan fingerprint density at radius 1 is 0.636 bits per heavy atom. The molecule has 33 heavy (non-hydrogen) atoms. The van der Waals surface area contributed by atoms with Gasteiger partial charge in [-0.05, 0) is 75.2 Å². The van der Waals surface area contributed by atoms with Crippen LogP contribution in [0.3, 0.4) is 0 Å². The molecule has 4 aromatic rings. The lowest BCUT2D eigenvalue weighted by atomic mass is 10.1. The van der Waals surface area contributed by atoms with E-state index in [1.807, 2.05) is 81.1 Å². The predicted octanol–water partition coefficient (Wildman–Crippen LogP) is 7.30. The van der Waals surface area contributed by atoms with Gasteiger partial charge < -0.3 is 25.0 Å². The maximum absolute atomic E-state index is 10.5. The largest absolute Gasteiger partial charge is 0.508 e. The van der Waals surface area contributed by atoms with Crippen molar-refractivity contribution in [3.8, 4) is 28.7 Å². The van der Waals surface area contributed by atoms with Crippen molar-refractivity contribution in [1.82, 2.24) is 0 Å². The van der Waals surface area contributed by atoms with Gasteiger partial charge in [0, 0.05) is 22.9 Å². The molecule has 0 amide bonds. The summed E-state index contributed by atoms with van der Waals surface area (Å²) >= 11 is 0. The highest BCUT2D eigenvalue weighted by molar-refractivity contribution is 5.82. The molecular formula is C28H27NO4. The molecule has 0 aromatic heterocycles. The molecule has 3 N–H and O–H groups in total. The summed E-state index contributed by atoms with van der Waals surface area (Å²) in [4.78, 5) is 1.97. The van der Waals surface area contributed by atoms with E-state index in [4.69, 9.17) is 4.74 Å². The van der Waals surface area contributed by atoms with Gasteiger partial charge in [0.05, 0.1) is 11.4 Å². The van der Waals surface area contributed by atoms with E-state index < -0.39 is 0 Å². The Hall–Kier alpha value is -4.12. The maximum atomic E-state index is 10.5. The van der Waals surface area contributed by atoms with Gasteiger partial charge in [-0.2, -0.15) is 0 Å². The quantitative estimate of drug-likeness (QED) is 0.303. The minimum Gasteiger partial charge on any atom is -0.508 e. The number of phenolic OH excluding ortho intramolecular Hbond substituents is 3. The number of nitrogens with zero attached hydrogens (tertiary/aromatic N) is 1. The molecule has 0 radical (unpaired) electrons. The summed E-state index contributed by atoms with van der Waals surface area (Å²) in [6.45, 7) is 7.42. The van der Waals surface area contributed by atoms with Crippen LogP contribution in [0.15, 0.2) is 72.8 Å². The third-order valence-electron chi connectivity index (χ3n) is 5.86. The van der Waals surface area contributed by atoms with Gasteiger partial charge >= 0.3 is 0 Å². The van der Waals surface area contributed by atoms with E-state index in [9.17, 15) is 15.3 Å². The van der Waals surface area contributed by atoms with Crippen LogP contribution in [-0.4, -0.2) is 15.3 Å². The fourth-order valence-corrected chi connectivity index (χ4v) is 3.82. The molecule has 0 unspecified atom stereocenters. The molecule has 168 valence electrons. The molecule has 0 bridgehead atoms. The molecular weight excluding hydrogens is 414 g/mol. The Balaban J connectivity index is 1.87. The highest BCUT2D eigenvalue weighted by Gasteiger charge is 2.20. The summed E-state index contributed by atoms with van der Waals surface area (Å²) in [6.07, 6.45) is 0. The first-order chi connectivity index (χ1) is 15.8. The minimum absolute atomic E-state index is 0.116. The van der Waals surface area contributed by atoms with Crippen molar-refractivity contribution in [2.75, 3.05) is 4.90 Å². The van der Waals surface area contributed by atoms with Gasteiger partial charge in [-0.25, -0.2) is 0 Å². The zero-order chi connectivity index (χ0) is 23.7. The minimum atomic E-state index is 0.116. The zero-order valence-corrected chi connectivity index (χ0v) is 19.1. The first kappa shape index (κ1) is 22.1. The van der Waals surface area contributed by atoms with E-state index in [-0.39, 0.29) is 17.2 Å². The van der Waals surface area contributed by atoms with Crippen molar-refractivity contribution in [3.05, 3.63) is 95.1 Å². The van der Waals surface area contributed by atoms with Crippen molar-refractivity contribution < 1.29 is 20.1 Å². The van der Waals surface area contributed by atoms with Crippen molar-refractivity contribution in [3.63, 3.8) is 0 Å². The average molecular weight is 442 g/mol. The van der Waals surface area contributed by atoms with Crippen LogP contribution < -0.4 is 9.64 Å². The van der Waals surface area contributed by atoms with Crippen LogP contribution in [0.2, 0.25) is 0 Å². The van der Waals surface area contributed by atoms with Crippen molar-refractivity contribution in [1.29, 1.82) is 0 Å². The van der Waals surface area contributed by atoms with Crippen LogP contribution in [0.1, 0.15) is 22.3 Å². The normalized spacial score (nSPS) is 10.8. The van der Waals surface area contributed by atoms with Gasteiger partial charge in [-0.3, -0.25) is 0 Å². The smallest absolute Gasteiger partial charge is 0.172 e. The Morgan fingerprint density at radius 3 is 1.79 bits per heavy atom. The third-order valence-corrected chi connectivity index (χ3v) is 5.86. The zero-order valence-electron chi connectivity index (χ0n) is 19.1. The van der Waals surface area contributed by atoms with E-state index in [1.54, 1.807) is 24.3 Å². The number of rotatable bonds is 5. The molecule has 0 spiro atoms. The molecule has 0 aliphatic carbocycles. The molecule has 5 nitrogen and oxygen atoms in total. The van der Waals surface area contributed by atoms with E-state index in [0.29, 0.717) is 22.6 Å². The Morgan fingerprint density at radius 2 is 1.18 bits per heavy atom. The second-order valence-electron chi connectivity index (χ2n) is 8.15. The molecule has 5 heteroatoms. The summed E-state index contributed by atoms with van der Waals surface area (Å²) in [6, 6.07) is 22.0. The molecule has 0 heterocycles. The third kappa shape index (κ3) is 4.17. The van der Waals surface area contributed by atoms with Gasteiger partial charge in [0.25, 0.3) is 0 Å². The number of phenols is 3. The Labute approximate surface area is 193 Å². The summed E-state index contributed by atoms with van der Waals surface area (Å²) in [7, 11) is 0. The highest BCUT2D eigenvalue weighted by Crippen LogP contribution is 2.44. The SMILES string of the molecule is Cc1ccc(C)c(Oc2cccc(N(c3cccc(O)c3C)c3cccc(O)c3C)c2)c1O. The van der Waals surface area contributed by atoms with E-state index in [0.717, 1.165) is 28.2 Å². The number of ether oxygens (including phenoxy) is 1. The number of hydrogen-bond acceptors (Lipinski definition) is 5. The molecule has 4 rings (SSSR count). The molecule has 0 aliphatic heterocycles. The first-order valence-corrected chi connectivity index (χ1v) is 10.7. The topological polar surface area (TPSA) is 73.2 Å². The molecule has 0 saturated carbocycles. The van der Waals surface area contributed by atoms with Gasteiger partial charge in [0.2, 0.25) is 0 Å². The predicted molar refractivity (Wildman–Crippen MR) is 132 cm³/mol. The standard InChI is InChI=1S/C28H27NO4/c1-17-14-15-18(2)28(27(17)32)33-22-9-5-8-21(16-22)29(23-10-6-12-25(30)19(23)3)24-11-7-13-26(31)20(24)4/h5-16,30-32H,1-4H3. The van der Waals surface area contributed by atoms with Crippen LogP contribution in [0.25, 0.3) is 0 Å². The van der Waals surface area contributed by atoms with Crippen LogP contribution in [0.5, 0.6) is 28.7 Å². The molecule has 0 aliphatic rings. The van der Waals surface area contributed by atoms with E-state index >= 15 is 0 Å². The van der Waals surface area contributed by atoms with Crippen LogP contribution in [0.4, 0.5) is 17.1 Å². The molecule has 0 fully saturated rings. The lowest BCUT2D eigenvalue weighted by Crippen LogP contribution is -2.12. The number of anilines is 3. The lowest BCUT2D eigenvalue weighted by molar-refractivity contribution is 0.406. The van der Waals surface area contributed by atoms with Crippen molar-refractivity contribution in [2.45, 2.75) is 27.7 Å². The van der Waals surface area contributed by atoms with Gasteiger partial charge in [-0.1, -0.05) is 30.3 Å². The van der Waals surface area contributed by atoms with Crippen LogP contribution in [-0.2, 0) is 0 Å². The molecule has 4 aromatic carbocycles. The number of aryl methyl sites for hydroxylation is 2. The number of benzene rings is 4. The monoisotopic (exact) mass is 441 g/mol. The maximum Gasteiger partial charge on any atom is 0.172 e. The highest BCUT2D eigenvalue weighted by atomic mass is 16.5. The molecule has 0 atom stereocenters. The number of aromatic hydroxyl groups is 3. The second-order valence-corrected chi connectivity index (χ2v) is 8.15. The van der Waals surface area contributed by atoms with E-state index in [2.05, 4.69) is 0 Å².